The van der Waals surface area contributed by atoms with Crippen molar-refractivity contribution < 1.29 is 42.5 Å². The fraction of sp³-hybridized carbons (Fsp3) is 0.0968. The van der Waals surface area contributed by atoms with Crippen molar-refractivity contribution >= 4 is 24.4 Å². The molecule has 0 saturated heterocycles. The maximum absolute atomic E-state index is 15.3. The Hall–Kier alpha value is -5.31. The Labute approximate surface area is 229 Å². The van der Waals surface area contributed by atoms with E-state index in [4.69, 9.17) is 18.9 Å². The summed E-state index contributed by atoms with van der Waals surface area (Å²) in [5, 5.41) is 0. The Morgan fingerprint density at radius 2 is 1.05 bits per heavy atom. The standard InChI is InChI=1S/C31H25FO8/c1-17(2)29(34)38-25-12-9-22(15-27(25)37-16-33)23-10-7-20(13-24(23)32)21-8-11-26(39-30(35)18(3)4)28(14-21)40-31(36)19(5)6/h7-16H,1,3,5H2,2,4,6H3. The van der Waals surface area contributed by atoms with Gasteiger partial charge in [-0.05, 0) is 67.8 Å². The van der Waals surface area contributed by atoms with Crippen LogP contribution >= 0.6 is 0 Å². The average Bonchev–Trinajstić information content (AvgIpc) is 2.90. The number of hydrogen-bond acceptors (Lipinski definition) is 8. The van der Waals surface area contributed by atoms with Crippen molar-refractivity contribution in [3.63, 3.8) is 0 Å². The number of benzene rings is 3. The van der Waals surface area contributed by atoms with Crippen LogP contribution in [0.15, 0.2) is 91.1 Å². The van der Waals surface area contributed by atoms with Crippen molar-refractivity contribution in [2.24, 2.45) is 0 Å². The van der Waals surface area contributed by atoms with Gasteiger partial charge in [0.2, 0.25) is 0 Å². The van der Waals surface area contributed by atoms with E-state index in [9.17, 15) is 19.2 Å². The summed E-state index contributed by atoms with van der Waals surface area (Å²) in [6.07, 6.45) is 0. The predicted octanol–water partition coefficient (Wildman–Crippen LogP) is 6.14. The number of esters is 3. The number of carbonyl (C=O) groups excluding carboxylic acids is 4. The average molecular weight is 545 g/mol. The zero-order chi connectivity index (χ0) is 29.6. The third kappa shape index (κ3) is 6.96. The molecule has 3 rings (SSSR count). The summed E-state index contributed by atoms with van der Waals surface area (Å²) in [6.45, 7) is 15.1. The largest absolute Gasteiger partial charge is 0.425 e. The summed E-state index contributed by atoms with van der Waals surface area (Å²) in [7, 11) is 0. The molecule has 0 bridgehead atoms. The molecule has 0 radical (unpaired) electrons. The van der Waals surface area contributed by atoms with E-state index in [0.717, 1.165) is 0 Å². The first-order valence-electron chi connectivity index (χ1n) is 11.7. The second-order valence-corrected chi connectivity index (χ2v) is 8.74. The molecule has 9 heteroatoms. The highest BCUT2D eigenvalue weighted by Crippen LogP contribution is 2.37. The third-order valence-corrected chi connectivity index (χ3v) is 5.33. The van der Waals surface area contributed by atoms with E-state index in [1.165, 1.54) is 63.2 Å². The van der Waals surface area contributed by atoms with Gasteiger partial charge in [-0.25, -0.2) is 18.8 Å². The molecule has 40 heavy (non-hydrogen) atoms. The van der Waals surface area contributed by atoms with Gasteiger partial charge in [-0.15, -0.1) is 0 Å². The smallest absolute Gasteiger partial charge is 0.338 e. The predicted molar refractivity (Wildman–Crippen MR) is 145 cm³/mol. The first kappa shape index (κ1) is 29.2. The van der Waals surface area contributed by atoms with Crippen LogP contribution in [0.1, 0.15) is 20.8 Å². The van der Waals surface area contributed by atoms with Gasteiger partial charge in [-0.2, -0.15) is 0 Å². The third-order valence-electron chi connectivity index (χ3n) is 5.33. The zero-order valence-electron chi connectivity index (χ0n) is 22.0. The van der Waals surface area contributed by atoms with E-state index in [0.29, 0.717) is 16.7 Å². The Kier molecular flexibility index (Phi) is 9.13. The van der Waals surface area contributed by atoms with Gasteiger partial charge in [0.05, 0.1) is 0 Å². The maximum Gasteiger partial charge on any atom is 0.338 e. The van der Waals surface area contributed by atoms with Gasteiger partial charge >= 0.3 is 17.9 Å². The molecule has 204 valence electrons. The fourth-order valence-corrected chi connectivity index (χ4v) is 3.25. The molecular formula is C31H25FO8. The van der Waals surface area contributed by atoms with Crippen LogP contribution in [0.2, 0.25) is 0 Å². The summed E-state index contributed by atoms with van der Waals surface area (Å²) in [5.41, 5.74) is 1.79. The molecule has 3 aromatic rings. The molecule has 0 aliphatic carbocycles. The highest BCUT2D eigenvalue weighted by atomic mass is 19.1. The molecule has 0 N–H and O–H groups in total. The molecule has 0 fully saturated rings. The number of ether oxygens (including phenoxy) is 4. The van der Waals surface area contributed by atoms with Crippen LogP contribution in [-0.2, 0) is 19.2 Å². The van der Waals surface area contributed by atoms with Gasteiger partial charge in [-0.1, -0.05) is 44.0 Å². The summed E-state index contributed by atoms with van der Waals surface area (Å²) < 4.78 is 36.0. The summed E-state index contributed by atoms with van der Waals surface area (Å²) in [6, 6.07) is 13.0. The summed E-state index contributed by atoms with van der Waals surface area (Å²) >= 11 is 0. The van der Waals surface area contributed by atoms with E-state index in [1.54, 1.807) is 12.1 Å². The number of hydrogen-bond donors (Lipinski definition) is 0. The monoisotopic (exact) mass is 544 g/mol. The van der Waals surface area contributed by atoms with Crippen LogP contribution in [0.25, 0.3) is 22.3 Å². The Morgan fingerprint density at radius 1 is 0.625 bits per heavy atom. The van der Waals surface area contributed by atoms with Crippen LogP contribution in [-0.4, -0.2) is 24.4 Å². The van der Waals surface area contributed by atoms with Crippen LogP contribution in [0.3, 0.4) is 0 Å². The lowest BCUT2D eigenvalue weighted by Gasteiger charge is -2.14. The summed E-state index contributed by atoms with van der Waals surface area (Å²) in [4.78, 5) is 47.1. The molecule has 8 nitrogen and oxygen atoms in total. The van der Waals surface area contributed by atoms with E-state index < -0.39 is 23.7 Å². The zero-order valence-corrected chi connectivity index (χ0v) is 22.0. The number of halogens is 1. The molecule has 0 atom stereocenters. The van der Waals surface area contributed by atoms with Gasteiger partial charge in [0.25, 0.3) is 6.47 Å². The van der Waals surface area contributed by atoms with Crippen molar-refractivity contribution in [2.45, 2.75) is 20.8 Å². The minimum Gasteiger partial charge on any atom is -0.425 e. The van der Waals surface area contributed by atoms with E-state index in [1.807, 2.05) is 0 Å². The molecule has 0 spiro atoms. The molecule has 0 saturated carbocycles. The molecule has 0 aliphatic rings. The van der Waals surface area contributed by atoms with E-state index >= 15 is 4.39 Å². The first-order valence-corrected chi connectivity index (χ1v) is 11.7. The SMILES string of the molecule is C=C(C)C(=O)Oc1ccc(-c2ccc(-c3ccc(OC(=O)C(=C)C)c(OC(=O)C(=C)C)c3)cc2F)cc1OC=O. The van der Waals surface area contributed by atoms with Crippen molar-refractivity contribution in [1.82, 2.24) is 0 Å². The lowest BCUT2D eigenvalue weighted by molar-refractivity contribution is -0.132. The molecular weight excluding hydrogens is 519 g/mol. The normalized spacial score (nSPS) is 10.2. The minimum atomic E-state index is -0.739. The maximum atomic E-state index is 15.3. The van der Waals surface area contributed by atoms with Crippen LogP contribution < -0.4 is 18.9 Å². The highest BCUT2D eigenvalue weighted by molar-refractivity contribution is 5.92. The van der Waals surface area contributed by atoms with Crippen molar-refractivity contribution in [1.29, 1.82) is 0 Å². The van der Waals surface area contributed by atoms with Gasteiger partial charge < -0.3 is 18.9 Å². The minimum absolute atomic E-state index is 0.0291. The molecule has 0 heterocycles. The number of carbonyl (C=O) groups is 4. The second-order valence-electron chi connectivity index (χ2n) is 8.74. The van der Waals surface area contributed by atoms with E-state index in [-0.39, 0.29) is 51.8 Å². The summed E-state index contributed by atoms with van der Waals surface area (Å²) in [5.74, 6) is -3.02. The molecule has 0 unspecified atom stereocenters. The molecule has 0 aromatic heterocycles. The highest BCUT2D eigenvalue weighted by Gasteiger charge is 2.18. The van der Waals surface area contributed by atoms with Crippen molar-refractivity contribution in [3.8, 4) is 45.3 Å². The lowest BCUT2D eigenvalue weighted by atomic mass is 9.99. The lowest BCUT2D eigenvalue weighted by Crippen LogP contribution is -2.12. The van der Waals surface area contributed by atoms with Gasteiger partial charge in [0, 0.05) is 22.3 Å². The van der Waals surface area contributed by atoms with Gasteiger partial charge in [-0.3, -0.25) is 4.79 Å². The van der Waals surface area contributed by atoms with Crippen LogP contribution in [0.4, 0.5) is 4.39 Å². The van der Waals surface area contributed by atoms with Crippen LogP contribution in [0.5, 0.6) is 23.0 Å². The van der Waals surface area contributed by atoms with Crippen molar-refractivity contribution in [3.05, 3.63) is 96.9 Å². The Bertz CT molecular complexity index is 1570. The molecule has 3 aromatic carbocycles. The Balaban J connectivity index is 1.99. The fourth-order valence-electron chi connectivity index (χ4n) is 3.25. The molecule has 0 amide bonds. The number of rotatable bonds is 10. The first-order chi connectivity index (χ1) is 18.9. The van der Waals surface area contributed by atoms with Gasteiger partial charge in [0.1, 0.15) is 5.82 Å². The van der Waals surface area contributed by atoms with Crippen molar-refractivity contribution in [2.75, 3.05) is 0 Å². The second kappa shape index (κ2) is 12.5. The quantitative estimate of drug-likeness (QED) is 0.130. The van der Waals surface area contributed by atoms with Crippen LogP contribution in [0, 0.1) is 5.82 Å². The van der Waals surface area contributed by atoms with E-state index in [2.05, 4.69) is 19.7 Å². The topological polar surface area (TPSA) is 105 Å². The molecule has 0 aliphatic heterocycles. The Morgan fingerprint density at radius 3 is 1.55 bits per heavy atom. The van der Waals surface area contributed by atoms with Gasteiger partial charge in [0.15, 0.2) is 23.0 Å².